The third kappa shape index (κ3) is 2.72. The summed E-state index contributed by atoms with van der Waals surface area (Å²) in [5.41, 5.74) is 0.117. The molecule has 7 heteroatoms. The van der Waals surface area contributed by atoms with Gasteiger partial charge in [-0.2, -0.15) is 4.31 Å². The molecule has 5 nitrogen and oxygen atoms in total. The number of nitrogens with zero attached hydrogens (tertiary/aromatic N) is 1. The van der Waals surface area contributed by atoms with Crippen molar-refractivity contribution in [3.63, 3.8) is 0 Å². The first-order valence-electron chi connectivity index (χ1n) is 7.01. The second-order valence-corrected chi connectivity index (χ2v) is 8.63. The average molecular weight is 375 g/mol. The SMILES string of the molecule is COc1ccc(Br)cc1S(=O)(=O)N1CCC2(CCNC2)C1. The van der Waals surface area contributed by atoms with Gasteiger partial charge in [-0.3, -0.25) is 0 Å². The number of sulfonamides is 1. The molecule has 2 aliphatic heterocycles. The molecule has 2 saturated heterocycles. The molecule has 1 unspecified atom stereocenters. The van der Waals surface area contributed by atoms with E-state index in [4.69, 9.17) is 4.74 Å². The molecule has 0 amide bonds. The van der Waals surface area contributed by atoms with Crippen LogP contribution in [0.5, 0.6) is 5.75 Å². The Bertz CT molecular complexity index is 642. The fourth-order valence-corrected chi connectivity index (χ4v) is 5.48. The van der Waals surface area contributed by atoms with Gasteiger partial charge in [-0.1, -0.05) is 15.9 Å². The maximum Gasteiger partial charge on any atom is 0.246 e. The first-order valence-corrected chi connectivity index (χ1v) is 9.25. The second-order valence-electron chi connectivity index (χ2n) is 5.81. The van der Waals surface area contributed by atoms with Crippen molar-refractivity contribution in [1.29, 1.82) is 0 Å². The molecule has 0 radical (unpaired) electrons. The lowest BCUT2D eigenvalue weighted by atomic mass is 9.87. The standard InChI is InChI=1S/C14H19BrN2O3S/c1-20-12-3-2-11(15)8-13(12)21(18,19)17-7-5-14(10-17)4-6-16-9-14/h2-3,8,16H,4-7,9-10H2,1H3. The smallest absolute Gasteiger partial charge is 0.246 e. The molecule has 1 aromatic carbocycles. The fraction of sp³-hybridized carbons (Fsp3) is 0.571. The van der Waals surface area contributed by atoms with Crippen molar-refractivity contribution in [1.82, 2.24) is 9.62 Å². The van der Waals surface area contributed by atoms with Crippen LogP contribution in [0.2, 0.25) is 0 Å². The van der Waals surface area contributed by atoms with Crippen LogP contribution in [0.4, 0.5) is 0 Å². The summed E-state index contributed by atoms with van der Waals surface area (Å²) in [6.07, 6.45) is 1.98. The van der Waals surface area contributed by atoms with Gasteiger partial charge in [-0.25, -0.2) is 8.42 Å². The normalized spacial score (nSPS) is 26.6. The molecule has 1 N–H and O–H groups in total. The first kappa shape index (κ1) is 15.3. The van der Waals surface area contributed by atoms with Gasteiger partial charge in [0.15, 0.2) is 0 Å². The second kappa shape index (κ2) is 5.53. The minimum absolute atomic E-state index is 0.117. The van der Waals surface area contributed by atoms with E-state index in [1.54, 1.807) is 22.5 Å². The van der Waals surface area contributed by atoms with Crippen molar-refractivity contribution in [3.05, 3.63) is 22.7 Å². The van der Waals surface area contributed by atoms with Crippen LogP contribution in [0.15, 0.2) is 27.6 Å². The zero-order chi connectivity index (χ0) is 15.1. The number of rotatable bonds is 3. The van der Waals surface area contributed by atoms with Gasteiger partial charge in [0.2, 0.25) is 10.0 Å². The number of ether oxygens (including phenoxy) is 1. The molecule has 0 saturated carbocycles. The van der Waals surface area contributed by atoms with Crippen LogP contribution in [0.3, 0.4) is 0 Å². The van der Waals surface area contributed by atoms with E-state index >= 15 is 0 Å². The topological polar surface area (TPSA) is 58.6 Å². The van der Waals surface area contributed by atoms with E-state index in [0.717, 1.165) is 30.4 Å². The van der Waals surface area contributed by atoms with Gasteiger partial charge in [-0.15, -0.1) is 0 Å². The van der Waals surface area contributed by atoms with Gasteiger partial charge in [0, 0.05) is 24.1 Å². The Balaban J connectivity index is 1.93. The number of methoxy groups -OCH3 is 1. The van der Waals surface area contributed by atoms with Crippen LogP contribution >= 0.6 is 15.9 Å². The molecule has 21 heavy (non-hydrogen) atoms. The summed E-state index contributed by atoms with van der Waals surface area (Å²) in [5, 5.41) is 3.34. The lowest BCUT2D eigenvalue weighted by Gasteiger charge is -2.23. The molecule has 1 atom stereocenters. The highest BCUT2D eigenvalue weighted by atomic mass is 79.9. The number of hydrogen-bond acceptors (Lipinski definition) is 4. The van der Waals surface area contributed by atoms with E-state index in [1.165, 1.54) is 7.11 Å². The molecule has 0 aromatic heterocycles. The maximum absolute atomic E-state index is 12.9. The third-order valence-electron chi connectivity index (χ3n) is 4.48. The Kier molecular flexibility index (Phi) is 4.02. The van der Waals surface area contributed by atoms with E-state index in [-0.39, 0.29) is 10.3 Å². The number of nitrogens with one attached hydrogen (secondary N) is 1. The highest BCUT2D eigenvalue weighted by Gasteiger charge is 2.45. The predicted molar refractivity (Wildman–Crippen MR) is 84.0 cm³/mol. The largest absolute Gasteiger partial charge is 0.495 e. The van der Waals surface area contributed by atoms with Gasteiger partial charge in [0.05, 0.1) is 7.11 Å². The molecular weight excluding hydrogens is 356 g/mol. The van der Waals surface area contributed by atoms with E-state index < -0.39 is 10.0 Å². The molecule has 2 aliphatic rings. The summed E-state index contributed by atoms with van der Waals surface area (Å²) in [6.45, 7) is 3.07. The Morgan fingerprint density at radius 3 is 2.86 bits per heavy atom. The molecule has 116 valence electrons. The van der Waals surface area contributed by atoms with Gasteiger partial charge >= 0.3 is 0 Å². The average Bonchev–Trinajstić information content (AvgIpc) is 3.10. The molecule has 2 heterocycles. The van der Waals surface area contributed by atoms with Crippen LogP contribution in [0.1, 0.15) is 12.8 Å². The monoisotopic (exact) mass is 374 g/mol. The van der Waals surface area contributed by atoms with E-state index in [2.05, 4.69) is 21.2 Å². The third-order valence-corrected chi connectivity index (χ3v) is 6.84. The highest BCUT2D eigenvalue weighted by molar-refractivity contribution is 9.10. The minimum atomic E-state index is -3.52. The van der Waals surface area contributed by atoms with Crippen molar-refractivity contribution in [2.75, 3.05) is 33.3 Å². The van der Waals surface area contributed by atoms with Crippen LogP contribution in [0.25, 0.3) is 0 Å². The van der Waals surface area contributed by atoms with Gasteiger partial charge < -0.3 is 10.1 Å². The first-order chi connectivity index (χ1) is 9.97. The Labute approximate surface area is 133 Å². The molecule has 1 aromatic rings. The van der Waals surface area contributed by atoms with Crippen molar-refractivity contribution in [2.45, 2.75) is 17.7 Å². The molecule has 0 aliphatic carbocycles. The van der Waals surface area contributed by atoms with Crippen LogP contribution in [-0.2, 0) is 10.0 Å². The van der Waals surface area contributed by atoms with E-state index in [1.807, 2.05) is 0 Å². The molecule has 0 bridgehead atoms. The van der Waals surface area contributed by atoms with Crippen LogP contribution in [0, 0.1) is 5.41 Å². The van der Waals surface area contributed by atoms with Gasteiger partial charge in [-0.05, 0) is 43.0 Å². The summed E-state index contributed by atoms with van der Waals surface area (Å²) >= 11 is 3.34. The highest BCUT2D eigenvalue weighted by Crippen LogP contribution is 2.40. The zero-order valence-corrected chi connectivity index (χ0v) is 14.3. The van der Waals surface area contributed by atoms with Crippen molar-refractivity contribution in [3.8, 4) is 5.75 Å². The quantitative estimate of drug-likeness (QED) is 0.876. The summed E-state index contributed by atoms with van der Waals surface area (Å²) in [4.78, 5) is 0.238. The lowest BCUT2D eigenvalue weighted by Crippen LogP contribution is -2.33. The Morgan fingerprint density at radius 1 is 1.38 bits per heavy atom. The summed E-state index contributed by atoms with van der Waals surface area (Å²) < 4.78 is 33.4. The molecule has 3 rings (SSSR count). The lowest BCUT2D eigenvalue weighted by molar-refractivity contribution is 0.337. The number of halogens is 1. The summed E-state index contributed by atoms with van der Waals surface area (Å²) in [5.74, 6) is 0.392. The Hall–Kier alpha value is -0.630. The van der Waals surface area contributed by atoms with Crippen molar-refractivity contribution >= 4 is 26.0 Å². The predicted octanol–water partition coefficient (Wildman–Crippen LogP) is 1.83. The van der Waals surface area contributed by atoms with Crippen LogP contribution < -0.4 is 10.1 Å². The van der Waals surface area contributed by atoms with Gasteiger partial charge in [0.25, 0.3) is 0 Å². The molecule has 1 spiro atoms. The summed E-state index contributed by atoms with van der Waals surface area (Å²) in [7, 11) is -2.02. The molecular formula is C14H19BrN2O3S. The van der Waals surface area contributed by atoms with Gasteiger partial charge in [0.1, 0.15) is 10.6 Å². The van der Waals surface area contributed by atoms with Crippen molar-refractivity contribution in [2.24, 2.45) is 5.41 Å². The Morgan fingerprint density at radius 2 is 2.19 bits per heavy atom. The minimum Gasteiger partial charge on any atom is -0.495 e. The van der Waals surface area contributed by atoms with E-state index in [0.29, 0.717) is 18.8 Å². The van der Waals surface area contributed by atoms with Crippen LogP contribution in [-0.4, -0.2) is 46.0 Å². The molecule has 2 fully saturated rings. The van der Waals surface area contributed by atoms with E-state index in [9.17, 15) is 8.42 Å². The zero-order valence-electron chi connectivity index (χ0n) is 11.9. The fourth-order valence-electron chi connectivity index (χ4n) is 3.23. The summed E-state index contributed by atoms with van der Waals surface area (Å²) in [6, 6.07) is 5.08. The maximum atomic E-state index is 12.9. The number of hydrogen-bond donors (Lipinski definition) is 1. The number of benzene rings is 1. The van der Waals surface area contributed by atoms with Crippen molar-refractivity contribution < 1.29 is 13.2 Å².